The first-order valence-electron chi connectivity index (χ1n) is 5.78. The molecule has 1 unspecified atom stereocenters. The maximum atomic E-state index is 11.6. The average Bonchev–Trinajstić information content (AvgIpc) is 2.80. The normalized spacial score (nSPS) is 12.2. The van der Waals surface area contributed by atoms with Gasteiger partial charge in [-0.05, 0) is 4.90 Å². The van der Waals surface area contributed by atoms with Crippen LogP contribution in [0.2, 0.25) is 0 Å². The summed E-state index contributed by atoms with van der Waals surface area (Å²) in [5.41, 5.74) is -3.60. The van der Waals surface area contributed by atoms with Crippen molar-refractivity contribution in [1.82, 2.24) is 5.16 Å². The molecule has 0 saturated heterocycles. The monoisotopic (exact) mass is 313 g/mol. The number of nitrogens with zero attached hydrogens (tertiary/aromatic N) is 5. The predicted octanol–water partition coefficient (Wildman–Crippen LogP) is 1.01. The number of fused-ring (bicyclic) bond motifs is 1. The lowest BCUT2D eigenvalue weighted by Crippen LogP contribution is -2.26. The SMILES string of the molecule is CCC(c1c([N+](=O)[O-])cc([N+](=O)[O-])c2no[n+]([O-])c12)[N+](=O)[O-]. The molecule has 2 aromatic rings. The molecular formula is C9H7N5O8. The van der Waals surface area contributed by atoms with Crippen molar-refractivity contribution >= 4 is 22.4 Å². The Morgan fingerprint density at radius 1 is 1.23 bits per heavy atom. The first kappa shape index (κ1) is 15.0. The van der Waals surface area contributed by atoms with Crippen molar-refractivity contribution in [1.29, 1.82) is 0 Å². The van der Waals surface area contributed by atoms with Crippen LogP contribution in [0.1, 0.15) is 24.9 Å². The Morgan fingerprint density at radius 2 is 1.82 bits per heavy atom. The standard InChI is InChI=1S/C9H7N5O8/c1-2-4(11(15)16)7-5(12(17)18)3-6(13(19)20)8-9(7)14(21)22-10-8/h3-4H,2H2,1H3. The van der Waals surface area contributed by atoms with Gasteiger partial charge < -0.3 is 5.21 Å². The lowest BCUT2D eigenvalue weighted by Gasteiger charge is -2.07. The van der Waals surface area contributed by atoms with Gasteiger partial charge in [0.05, 0.1) is 21.1 Å². The number of rotatable bonds is 5. The minimum atomic E-state index is -1.61. The number of hydrogen-bond acceptors (Lipinski definition) is 9. The molecule has 1 atom stereocenters. The van der Waals surface area contributed by atoms with Crippen molar-refractivity contribution in [3.8, 4) is 0 Å². The van der Waals surface area contributed by atoms with Crippen LogP contribution in [0.3, 0.4) is 0 Å². The van der Waals surface area contributed by atoms with E-state index in [2.05, 4.69) is 9.79 Å². The molecule has 2 rings (SSSR count). The molecule has 0 spiro atoms. The molecule has 0 radical (unpaired) electrons. The fraction of sp³-hybridized carbons (Fsp3) is 0.333. The van der Waals surface area contributed by atoms with Gasteiger partial charge in [0, 0.05) is 11.3 Å². The Bertz CT molecular complexity index is 799. The zero-order chi connectivity index (χ0) is 16.6. The topological polar surface area (TPSA) is 182 Å². The highest BCUT2D eigenvalue weighted by atomic mass is 16.8. The summed E-state index contributed by atoms with van der Waals surface area (Å²) in [6, 6.07) is -1.07. The van der Waals surface area contributed by atoms with Crippen LogP contribution in [0.4, 0.5) is 11.4 Å². The summed E-state index contributed by atoms with van der Waals surface area (Å²) in [7, 11) is 0. The van der Waals surface area contributed by atoms with E-state index in [4.69, 9.17) is 0 Å². The van der Waals surface area contributed by atoms with E-state index in [1.165, 1.54) is 6.92 Å². The first-order chi connectivity index (χ1) is 10.3. The predicted molar refractivity (Wildman–Crippen MR) is 66.3 cm³/mol. The van der Waals surface area contributed by atoms with Crippen LogP contribution in [0.5, 0.6) is 0 Å². The van der Waals surface area contributed by atoms with Crippen LogP contribution in [0.15, 0.2) is 10.7 Å². The number of aromatic nitrogens is 2. The summed E-state index contributed by atoms with van der Waals surface area (Å²) in [6.07, 6.45) is -0.175. The minimum absolute atomic E-state index is 0.175. The highest BCUT2D eigenvalue weighted by Crippen LogP contribution is 2.38. The highest BCUT2D eigenvalue weighted by Gasteiger charge is 2.41. The molecular weight excluding hydrogens is 306 g/mol. The number of nitro benzene ring substituents is 2. The zero-order valence-electron chi connectivity index (χ0n) is 10.9. The van der Waals surface area contributed by atoms with Gasteiger partial charge in [-0.2, -0.15) is 0 Å². The third-order valence-electron chi connectivity index (χ3n) is 3.03. The Morgan fingerprint density at radius 3 is 2.27 bits per heavy atom. The minimum Gasteiger partial charge on any atom is -0.359 e. The highest BCUT2D eigenvalue weighted by molar-refractivity contribution is 5.88. The third kappa shape index (κ3) is 2.13. The lowest BCUT2D eigenvalue weighted by molar-refractivity contribution is -0.782. The summed E-state index contributed by atoms with van der Waals surface area (Å²) in [5, 5.41) is 47.9. The quantitative estimate of drug-likeness (QED) is 0.441. The lowest BCUT2D eigenvalue weighted by atomic mass is 10.00. The Kier molecular flexibility index (Phi) is 3.54. The number of benzene rings is 1. The van der Waals surface area contributed by atoms with E-state index >= 15 is 0 Å². The van der Waals surface area contributed by atoms with Gasteiger partial charge in [0.2, 0.25) is 11.6 Å². The van der Waals surface area contributed by atoms with Gasteiger partial charge in [-0.15, -0.1) is 0 Å². The van der Waals surface area contributed by atoms with Crippen molar-refractivity contribution in [2.24, 2.45) is 0 Å². The number of non-ortho nitro benzene ring substituents is 1. The molecule has 1 heterocycles. The summed E-state index contributed by atoms with van der Waals surface area (Å²) in [4.78, 5) is 30.0. The molecule has 0 N–H and O–H groups in total. The van der Waals surface area contributed by atoms with Crippen LogP contribution < -0.4 is 4.90 Å². The van der Waals surface area contributed by atoms with E-state index in [0.29, 0.717) is 6.07 Å². The van der Waals surface area contributed by atoms with E-state index < -0.39 is 48.8 Å². The Hall–Kier alpha value is -3.38. The second-order valence-corrected chi connectivity index (χ2v) is 4.18. The molecule has 0 fully saturated rings. The van der Waals surface area contributed by atoms with Gasteiger partial charge >= 0.3 is 11.2 Å². The van der Waals surface area contributed by atoms with Crippen molar-refractivity contribution < 1.29 is 24.3 Å². The molecule has 0 aliphatic carbocycles. The summed E-state index contributed by atoms with van der Waals surface area (Å²) in [6.45, 7) is 1.38. The third-order valence-corrected chi connectivity index (χ3v) is 3.03. The largest absolute Gasteiger partial charge is 0.359 e. The smallest absolute Gasteiger partial charge is 0.333 e. The van der Waals surface area contributed by atoms with E-state index in [0.717, 1.165) is 0 Å². The molecule has 0 saturated carbocycles. The molecule has 116 valence electrons. The fourth-order valence-corrected chi connectivity index (χ4v) is 2.12. The van der Waals surface area contributed by atoms with E-state index in [1.54, 1.807) is 0 Å². The molecule has 13 nitrogen and oxygen atoms in total. The van der Waals surface area contributed by atoms with Crippen LogP contribution >= 0.6 is 0 Å². The first-order valence-corrected chi connectivity index (χ1v) is 5.78. The van der Waals surface area contributed by atoms with Gasteiger partial charge in [-0.3, -0.25) is 35.0 Å². The molecule has 1 aromatic heterocycles. The van der Waals surface area contributed by atoms with Crippen molar-refractivity contribution in [2.75, 3.05) is 0 Å². The number of hydrogen-bond donors (Lipinski definition) is 0. The molecule has 0 amide bonds. The van der Waals surface area contributed by atoms with E-state index in [9.17, 15) is 35.6 Å². The molecule has 13 heteroatoms. The van der Waals surface area contributed by atoms with Gasteiger partial charge in [0.1, 0.15) is 0 Å². The Labute approximate surface area is 119 Å². The summed E-state index contributed by atoms with van der Waals surface area (Å²) >= 11 is 0. The molecule has 22 heavy (non-hydrogen) atoms. The molecule has 0 bridgehead atoms. The average molecular weight is 313 g/mol. The van der Waals surface area contributed by atoms with Crippen molar-refractivity contribution in [3.05, 3.63) is 47.2 Å². The fourth-order valence-electron chi connectivity index (χ4n) is 2.12. The summed E-state index contributed by atoms with van der Waals surface area (Å²) in [5.74, 6) is 0. The summed E-state index contributed by atoms with van der Waals surface area (Å²) < 4.78 is 4.22. The van der Waals surface area contributed by atoms with Crippen LogP contribution in [0.25, 0.3) is 11.0 Å². The van der Waals surface area contributed by atoms with Gasteiger partial charge in [0.25, 0.3) is 5.69 Å². The molecule has 0 aliphatic heterocycles. The van der Waals surface area contributed by atoms with Gasteiger partial charge in [0.15, 0.2) is 5.56 Å². The van der Waals surface area contributed by atoms with Crippen molar-refractivity contribution in [2.45, 2.75) is 19.4 Å². The van der Waals surface area contributed by atoms with E-state index in [1.807, 2.05) is 0 Å². The molecule has 0 aliphatic rings. The number of nitro groups is 3. The van der Waals surface area contributed by atoms with Crippen molar-refractivity contribution in [3.63, 3.8) is 0 Å². The van der Waals surface area contributed by atoms with Crippen LogP contribution in [0, 0.1) is 35.6 Å². The molecule has 1 aromatic carbocycles. The van der Waals surface area contributed by atoms with Gasteiger partial charge in [-0.1, -0.05) is 6.92 Å². The van der Waals surface area contributed by atoms with Crippen LogP contribution in [-0.4, -0.2) is 19.9 Å². The Balaban J connectivity index is 3.00. The van der Waals surface area contributed by atoms with Crippen LogP contribution in [-0.2, 0) is 0 Å². The maximum absolute atomic E-state index is 11.6. The maximum Gasteiger partial charge on any atom is 0.333 e. The zero-order valence-corrected chi connectivity index (χ0v) is 10.9. The second kappa shape index (κ2) is 5.19. The van der Waals surface area contributed by atoms with E-state index in [-0.39, 0.29) is 11.3 Å². The van der Waals surface area contributed by atoms with Gasteiger partial charge in [-0.25, -0.2) is 0 Å². The second-order valence-electron chi connectivity index (χ2n) is 4.18.